The number of benzene rings is 2. The summed E-state index contributed by atoms with van der Waals surface area (Å²) in [6.07, 6.45) is 3.04. The summed E-state index contributed by atoms with van der Waals surface area (Å²) in [5.41, 5.74) is 3.03. The zero-order chi connectivity index (χ0) is 20.1. The highest BCUT2D eigenvalue weighted by Crippen LogP contribution is 2.25. The maximum absolute atomic E-state index is 12.5. The molecule has 29 heavy (non-hydrogen) atoms. The first-order valence-electron chi connectivity index (χ1n) is 9.85. The molecule has 1 fully saturated rings. The van der Waals surface area contributed by atoms with E-state index in [4.69, 9.17) is 4.74 Å². The number of ether oxygens (including phenoxy) is 1. The van der Waals surface area contributed by atoms with Crippen LogP contribution in [0.5, 0.6) is 0 Å². The van der Waals surface area contributed by atoms with Gasteiger partial charge in [0, 0.05) is 31.3 Å². The minimum absolute atomic E-state index is 0.177. The fourth-order valence-electron chi connectivity index (χ4n) is 3.61. The number of aliphatic hydroxyl groups excluding tert-OH is 1. The predicted octanol–water partition coefficient (Wildman–Crippen LogP) is 2.78. The average molecular weight is 391 g/mol. The zero-order valence-corrected chi connectivity index (χ0v) is 16.2. The Balaban J connectivity index is 1.38. The molecule has 0 aliphatic carbocycles. The minimum atomic E-state index is -1.04. The number of Topliss-reactive ketones (excluding diaryl/α,β-unsaturated/α-hetero) is 1. The maximum Gasteiger partial charge on any atom is 0.216 e. The lowest BCUT2D eigenvalue weighted by molar-refractivity contribution is -0.204. The van der Waals surface area contributed by atoms with Gasteiger partial charge in [-0.05, 0) is 11.1 Å². The number of aromatic nitrogens is 2. The predicted molar refractivity (Wildman–Crippen MR) is 109 cm³/mol. The van der Waals surface area contributed by atoms with Gasteiger partial charge in [0.05, 0.1) is 25.3 Å². The van der Waals surface area contributed by atoms with E-state index < -0.39 is 6.41 Å². The number of rotatable bonds is 7. The molecule has 2 aromatic carbocycles. The Labute approximate surface area is 170 Å². The number of carbonyl (C=O) groups is 1. The summed E-state index contributed by atoms with van der Waals surface area (Å²) in [5, 5.41) is 14.9. The highest BCUT2D eigenvalue weighted by molar-refractivity contribution is 5.86. The summed E-state index contributed by atoms with van der Waals surface area (Å²) in [6.45, 7) is 1.90. The lowest BCUT2D eigenvalue weighted by atomic mass is 9.91. The monoisotopic (exact) mass is 391 g/mol. The van der Waals surface area contributed by atoms with Gasteiger partial charge in [-0.2, -0.15) is 5.10 Å². The van der Waals surface area contributed by atoms with Gasteiger partial charge in [-0.1, -0.05) is 60.7 Å². The molecule has 1 aliphatic heterocycles. The van der Waals surface area contributed by atoms with Crippen LogP contribution < -0.4 is 0 Å². The first-order valence-corrected chi connectivity index (χ1v) is 9.85. The fourth-order valence-corrected chi connectivity index (χ4v) is 3.61. The Morgan fingerprint density at radius 3 is 2.48 bits per heavy atom. The van der Waals surface area contributed by atoms with Crippen LogP contribution in [0, 0.1) is 0 Å². The van der Waals surface area contributed by atoms with Gasteiger partial charge in [0.15, 0.2) is 0 Å². The Kier molecular flexibility index (Phi) is 6.14. The molecule has 0 saturated carbocycles. The van der Waals surface area contributed by atoms with E-state index >= 15 is 0 Å². The third kappa shape index (κ3) is 4.98. The third-order valence-corrected chi connectivity index (χ3v) is 5.25. The molecular formula is C23H25N3O3. The van der Waals surface area contributed by atoms with E-state index in [-0.39, 0.29) is 11.7 Å². The summed E-state index contributed by atoms with van der Waals surface area (Å²) in [7, 11) is 0. The van der Waals surface area contributed by atoms with Gasteiger partial charge in [0.25, 0.3) is 0 Å². The van der Waals surface area contributed by atoms with Crippen molar-refractivity contribution in [2.45, 2.75) is 31.9 Å². The first-order chi connectivity index (χ1) is 14.2. The molecule has 2 unspecified atom stereocenters. The number of nitrogens with zero attached hydrogens (tertiary/aromatic N) is 3. The number of ketones is 1. The molecular weight excluding hydrogens is 366 g/mol. The summed E-state index contributed by atoms with van der Waals surface area (Å²) in [6, 6.07) is 19.8. The second kappa shape index (κ2) is 9.13. The van der Waals surface area contributed by atoms with Crippen LogP contribution in [0.2, 0.25) is 0 Å². The third-order valence-electron chi connectivity index (χ3n) is 5.25. The number of likely N-dealkylation sites (tertiary alicyclic amines) is 1. The number of aliphatic hydroxyl groups is 1. The molecule has 6 nitrogen and oxygen atoms in total. The summed E-state index contributed by atoms with van der Waals surface area (Å²) < 4.78 is 7.47. The Morgan fingerprint density at radius 1 is 1.07 bits per heavy atom. The van der Waals surface area contributed by atoms with Gasteiger partial charge in [-0.3, -0.25) is 14.4 Å². The van der Waals surface area contributed by atoms with Crippen molar-refractivity contribution in [3.63, 3.8) is 0 Å². The molecule has 3 aromatic rings. The molecule has 150 valence electrons. The summed E-state index contributed by atoms with van der Waals surface area (Å²) in [5.74, 6) is -0.126. The Hall–Kier alpha value is -2.80. The summed E-state index contributed by atoms with van der Waals surface area (Å²) >= 11 is 0. The fraction of sp³-hybridized carbons (Fsp3) is 0.304. The molecule has 6 heteroatoms. The van der Waals surface area contributed by atoms with Crippen LogP contribution in [0.4, 0.5) is 0 Å². The van der Waals surface area contributed by atoms with Crippen LogP contribution in [0.15, 0.2) is 73.1 Å². The SMILES string of the molecule is O=C1CCN(C(O)OCc2ccccc2)CC1c1cnn(Cc2ccccc2)c1. The van der Waals surface area contributed by atoms with E-state index in [1.807, 2.05) is 64.3 Å². The van der Waals surface area contributed by atoms with E-state index in [9.17, 15) is 9.90 Å². The second-order valence-electron chi connectivity index (χ2n) is 7.34. The maximum atomic E-state index is 12.5. The number of hydrogen-bond donors (Lipinski definition) is 1. The lowest BCUT2D eigenvalue weighted by Gasteiger charge is -2.34. The zero-order valence-electron chi connectivity index (χ0n) is 16.2. The first kappa shape index (κ1) is 19.5. The molecule has 1 N–H and O–H groups in total. The lowest BCUT2D eigenvalue weighted by Crippen LogP contribution is -2.46. The molecule has 2 atom stereocenters. The van der Waals surface area contributed by atoms with Crippen molar-refractivity contribution in [3.05, 3.63) is 89.7 Å². The normalized spacial score (nSPS) is 18.7. The quantitative estimate of drug-likeness (QED) is 0.628. The van der Waals surface area contributed by atoms with Crippen LogP contribution >= 0.6 is 0 Å². The molecule has 0 amide bonds. The van der Waals surface area contributed by atoms with Gasteiger partial charge in [-0.25, -0.2) is 0 Å². The smallest absolute Gasteiger partial charge is 0.216 e. The van der Waals surface area contributed by atoms with Crippen molar-refractivity contribution in [1.82, 2.24) is 14.7 Å². The Morgan fingerprint density at radius 2 is 1.76 bits per heavy atom. The van der Waals surface area contributed by atoms with E-state index in [1.54, 1.807) is 6.20 Å². The topological polar surface area (TPSA) is 67.6 Å². The molecule has 1 aromatic heterocycles. The molecule has 0 spiro atoms. The average Bonchev–Trinajstić information content (AvgIpc) is 3.22. The van der Waals surface area contributed by atoms with Crippen LogP contribution in [-0.2, 0) is 22.7 Å². The van der Waals surface area contributed by atoms with E-state index in [0.717, 1.165) is 16.7 Å². The standard InChI is InChI=1S/C23H25N3O3/c27-22-11-12-25(23(28)29-17-19-9-5-2-6-10-19)16-21(22)20-13-24-26(15-20)14-18-7-3-1-4-8-18/h1-10,13,15,21,23,28H,11-12,14,16-17H2. The van der Waals surface area contributed by atoms with E-state index in [0.29, 0.717) is 32.7 Å². The molecule has 1 saturated heterocycles. The van der Waals surface area contributed by atoms with Gasteiger partial charge in [-0.15, -0.1) is 0 Å². The van der Waals surface area contributed by atoms with Crippen molar-refractivity contribution in [2.75, 3.05) is 13.1 Å². The number of carbonyl (C=O) groups excluding carboxylic acids is 1. The molecule has 0 bridgehead atoms. The van der Waals surface area contributed by atoms with Gasteiger partial charge < -0.3 is 9.84 Å². The van der Waals surface area contributed by atoms with Crippen LogP contribution in [0.25, 0.3) is 0 Å². The highest BCUT2D eigenvalue weighted by atomic mass is 16.6. The van der Waals surface area contributed by atoms with Crippen molar-refractivity contribution in [1.29, 1.82) is 0 Å². The second-order valence-corrected chi connectivity index (χ2v) is 7.34. The van der Waals surface area contributed by atoms with Crippen LogP contribution in [0.1, 0.15) is 29.0 Å². The van der Waals surface area contributed by atoms with Crippen molar-refractivity contribution in [3.8, 4) is 0 Å². The Bertz CT molecular complexity index is 927. The highest BCUT2D eigenvalue weighted by Gasteiger charge is 2.32. The van der Waals surface area contributed by atoms with Gasteiger partial charge in [0.1, 0.15) is 5.78 Å². The minimum Gasteiger partial charge on any atom is -0.356 e. The molecule has 1 aliphatic rings. The van der Waals surface area contributed by atoms with Crippen LogP contribution in [-0.4, -0.2) is 45.1 Å². The van der Waals surface area contributed by atoms with Crippen molar-refractivity contribution >= 4 is 5.78 Å². The number of hydrogen-bond acceptors (Lipinski definition) is 5. The van der Waals surface area contributed by atoms with E-state index in [1.165, 1.54) is 0 Å². The van der Waals surface area contributed by atoms with Gasteiger partial charge >= 0.3 is 0 Å². The molecule has 4 rings (SSSR count). The molecule has 2 heterocycles. The van der Waals surface area contributed by atoms with Crippen molar-refractivity contribution < 1.29 is 14.6 Å². The largest absolute Gasteiger partial charge is 0.356 e. The molecule has 0 radical (unpaired) electrons. The van der Waals surface area contributed by atoms with Gasteiger partial charge in [0.2, 0.25) is 6.41 Å². The van der Waals surface area contributed by atoms with Crippen LogP contribution in [0.3, 0.4) is 0 Å². The van der Waals surface area contributed by atoms with Crippen molar-refractivity contribution in [2.24, 2.45) is 0 Å². The number of piperidine rings is 1. The van der Waals surface area contributed by atoms with E-state index in [2.05, 4.69) is 17.2 Å². The summed E-state index contributed by atoms with van der Waals surface area (Å²) in [4.78, 5) is 14.3.